The number of rotatable bonds is 4. The molecule has 5 heteroatoms. The van der Waals surface area contributed by atoms with Gasteiger partial charge >= 0.3 is 0 Å². The SMILES string of the molecule is Cc1ccc2c(c1)OC(C)(C)C[C@@H]2NC(=O)[C@@H](C)Oc1ccccc1Cl. The first-order valence-corrected chi connectivity index (χ1v) is 9.14. The first-order chi connectivity index (χ1) is 12.2. The van der Waals surface area contributed by atoms with Gasteiger partial charge in [0.05, 0.1) is 11.1 Å². The summed E-state index contributed by atoms with van der Waals surface area (Å²) in [5, 5.41) is 3.59. The van der Waals surface area contributed by atoms with Crippen LogP contribution in [0.25, 0.3) is 0 Å². The Morgan fingerprint density at radius 1 is 1.31 bits per heavy atom. The molecule has 1 amide bonds. The van der Waals surface area contributed by atoms with Gasteiger partial charge in [0, 0.05) is 12.0 Å². The molecule has 4 nitrogen and oxygen atoms in total. The van der Waals surface area contributed by atoms with Crippen LogP contribution in [0.4, 0.5) is 0 Å². The summed E-state index contributed by atoms with van der Waals surface area (Å²) in [5.74, 6) is 1.14. The fourth-order valence-electron chi connectivity index (χ4n) is 3.16. The third kappa shape index (κ3) is 4.13. The number of carbonyl (C=O) groups excluding carboxylic acids is 1. The first kappa shape index (κ1) is 18.6. The molecule has 1 N–H and O–H groups in total. The van der Waals surface area contributed by atoms with E-state index in [-0.39, 0.29) is 17.6 Å². The Kier molecular flexibility index (Phi) is 5.15. The van der Waals surface area contributed by atoms with Crippen molar-refractivity contribution in [2.45, 2.75) is 51.9 Å². The molecule has 3 rings (SSSR count). The highest BCUT2D eigenvalue weighted by Gasteiger charge is 2.35. The van der Waals surface area contributed by atoms with E-state index in [1.165, 1.54) is 0 Å². The van der Waals surface area contributed by atoms with Crippen LogP contribution in [0.5, 0.6) is 11.5 Å². The summed E-state index contributed by atoms with van der Waals surface area (Å²) in [6, 6.07) is 13.1. The number of fused-ring (bicyclic) bond motifs is 1. The van der Waals surface area contributed by atoms with Crippen LogP contribution in [-0.4, -0.2) is 17.6 Å². The molecule has 0 bridgehead atoms. The average Bonchev–Trinajstić information content (AvgIpc) is 2.55. The Bertz CT molecular complexity index is 819. The second-order valence-electron chi connectivity index (χ2n) is 7.36. The van der Waals surface area contributed by atoms with Crippen molar-refractivity contribution in [2.24, 2.45) is 0 Å². The lowest BCUT2D eigenvalue weighted by atomic mass is 9.89. The van der Waals surface area contributed by atoms with Crippen LogP contribution in [0.1, 0.15) is 44.4 Å². The van der Waals surface area contributed by atoms with Gasteiger partial charge in [-0.2, -0.15) is 0 Å². The van der Waals surface area contributed by atoms with E-state index in [1.807, 2.05) is 51.1 Å². The molecule has 138 valence electrons. The molecule has 2 aromatic rings. The summed E-state index contributed by atoms with van der Waals surface area (Å²) in [6.07, 6.45) is 0.0305. The van der Waals surface area contributed by atoms with Crippen molar-refractivity contribution in [1.82, 2.24) is 5.32 Å². The minimum Gasteiger partial charge on any atom is -0.487 e. The molecule has 0 spiro atoms. The molecule has 1 aliphatic heterocycles. The van der Waals surface area contributed by atoms with Crippen molar-refractivity contribution in [3.63, 3.8) is 0 Å². The van der Waals surface area contributed by atoms with E-state index in [4.69, 9.17) is 21.1 Å². The number of hydrogen-bond acceptors (Lipinski definition) is 3. The average molecular weight is 374 g/mol. The highest BCUT2D eigenvalue weighted by Crippen LogP contribution is 2.40. The third-order valence-corrected chi connectivity index (χ3v) is 4.76. The van der Waals surface area contributed by atoms with Crippen LogP contribution in [0, 0.1) is 6.92 Å². The number of nitrogens with one attached hydrogen (secondary N) is 1. The summed E-state index contributed by atoms with van der Waals surface area (Å²) in [4.78, 5) is 12.7. The second kappa shape index (κ2) is 7.20. The molecule has 0 aromatic heterocycles. The maximum absolute atomic E-state index is 12.7. The van der Waals surface area contributed by atoms with Crippen LogP contribution in [0.15, 0.2) is 42.5 Å². The molecule has 26 heavy (non-hydrogen) atoms. The second-order valence-corrected chi connectivity index (χ2v) is 7.77. The predicted molar refractivity (Wildman–Crippen MR) is 103 cm³/mol. The largest absolute Gasteiger partial charge is 0.487 e. The molecule has 0 aliphatic carbocycles. The zero-order valence-corrected chi connectivity index (χ0v) is 16.3. The summed E-state index contributed by atoms with van der Waals surface area (Å²) in [6.45, 7) is 7.81. The van der Waals surface area contributed by atoms with E-state index in [0.29, 0.717) is 17.2 Å². The van der Waals surface area contributed by atoms with Crippen LogP contribution in [0.2, 0.25) is 5.02 Å². The lowest BCUT2D eigenvalue weighted by molar-refractivity contribution is -0.128. The van der Waals surface area contributed by atoms with Gasteiger partial charge in [0.15, 0.2) is 6.10 Å². The molecule has 0 saturated carbocycles. The van der Waals surface area contributed by atoms with Gasteiger partial charge in [0.1, 0.15) is 17.1 Å². The van der Waals surface area contributed by atoms with Crippen molar-refractivity contribution in [1.29, 1.82) is 0 Å². The Morgan fingerprint density at radius 2 is 2.04 bits per heavy atom. The van der Waals surface area contributed by atoms with Crippen molar-refractivity contribution in [2.75, 3.05) is 0 Å². The zero-order chi connectivity index (χ0) is 18.9. The molecule has 0 fully saturated rings. The minimum absolute atomic E-state index is 0.126. The first-order valence-electron chi connectivity index (χ1n) is 8.76. The van der Waals surface area contributed by atoms with Gasteiger partial charge in [-0.15, -0.1) is 0 Å². The van der Waals surface area contributed by atoms with Crippen LogP contribution in [-0.2, 0) is 4.79 Å². The van der Waals surface area contributed by atoms with E-state index in [1.54, 1.807) is 19.1 Å². The molecular formula is C21H24ClNO3. The van der Waals surface area contributed by atoms with E-state index in [9.17, 15) is 4.79 Å². The molecule has 2 aromatic carbocycles. The molecule has 0 saturated heterocycles. The topological polar surface area (TPSA) is 47.6 Å². The normalized spacial score (nSPS) is 19.0. The number of ether oxygens (including phenoxy) is 2. The third-order valence-electron chi connectivity index (χ3n) is 4.45. The smallest absolute Gasteiger partial charge is 0.261 e. The van der Waals surface area contributed by atoms with Gasteiger partial charge in [0.2, 0.25) is 0 Å². The molecule has 1 heterocycles. The van der Waals surface area contributed by atoms with Crippen molar-refractivity contribution < 1.29 is 14.3 Å². The standard InChI is InChI=1S/C21H24ClNO3/c1-13-9-10-15-17(12-21(3,4)26-19(15)11-13)23-20(24)14(2)25-18-8-6-5-7-16(18)22/h5-11,14,17H,12H2,1-4H3,(H,23,24)/t14-,17+/m1/s1. The molecule has 2 atom stereocenters. The molecule has 0 radical (unpaired) electrons. The highest BCUT2D eigenvalue weighted by molar-refractivity contribution is 6.32. The number of halogens is 1. The Morgan fingerprint density at radius 3 is 2.77 bits per heavy atom. The number of hydrogen-bond donors (Lipinski definition) is 1. The van der Waals surface area contributed by atoms with Gasteiger partial charge in [0.25, 0.3) is 5.91 Å². The fraction of sp³-hybridized carbons (Fsp3) is 0.381. The monoisotopic (exact) mass is 373 g/mol. The number of amides is 1. The summed E-state index contributed by atoms with van der Waals surface area (Å²) in [5.41, 5.74) is 1.76. The molecule has 0 unspecified atom stereocenters. The zero-order valence-electron chi connectivity index (χ0n) is 15.5. The lowest BCUT2D eigenvalue weighted by Crippen LogP contribution is -2.44. The van der Waals surface area contributed by atoms with E-state index in [2.05, 4.69) is 5.32 Å². The number of benzene rings is 2. The number of aryl methyl sites for hydroxylation is 1. The van der Waals surface area contributed by atoms with E-state index >= 15 is 0 Å². The minimum atomic E-state index is -0.658. The van der Waals surface area contributed by atoms with Gasteiger partial charge in [-0.05, 0) is 51.5 Å². The number of carbonyl (C=O) groups is 1. The Hall–Kier alpha value is -2.20. The van der Waals surface area contributed by atoms with Crippen molar-refractivity contribution in [3.8, 4) is 11.5 Å². The Labute approximate surface area is 159 Å². The Balaban J connectivity index is 1.75. The fourth-order valence-corrected chi connectivity index (χ4v) is 3.34. The van der Waals surface area contributed by atoms with E-state index < -0.39 is 6.10 Å². The van der Waals surface area contributed by atoms with Gasteiger partial charge in [-0.3, -0.25) is 4.79 Å². The molecule has 1 aliphatic rings. The highest BCUT2D eigenvalue weighted by atomic mass is 35.5. The summed E-state index contributed by atoms with van der Waals surface area (Å²) >= 11 is 6.11. The number of para-hydroxylation sites is 1. The van der Waals surface area contributed by atoms with Crippen LogP contribution >= 0.6 is 11.6 Å². The lowest BCUT2D eigenvalue weighted by Gasteiger charge is -2.38. The van der Waals surface area contributed by atoms with Crippen LogP contribution < -0.4 is 14.8 Å². The maximum atomic E-state index is 12.7. The molecular weight excluding hydrogens is 350 g/mol. The van der Waals surface area contributed by atoms with Gasteiger partial charge in [-0.1, -0.05) is 35.9 Å². The van der Waals surface area contributed by atoms with Crippen LogP contribution in [0.3, 0.4) is 0 Å². The van der Waals surface area contributed by atoms with Crippen molar-refractivity contribution in [3.05, 3.63) is 58.6 Å². The predicted octanol–water partition coefficient (Wildman–Crippen LogP) is 4.83. The maximum Gasteiger partial charge on any atom is 0.261 e. The summed E-state index contributed by atoms with van der Waals surface area (Å²) < 4.78 is 11.8. The van der Waals surface area contributed by atoms with Crippen molar-refractivity contribution >= 4 is 17.5 Å². The van der Waals surface area contributed by atoms with Gasteiger partial charge in [-0.25, -0.2) is 0 Å². The van der Waals surface area contributed by atoms with E-state index in [0.717, 1.165) is 16.9 Å². The quantitative estimate of drug-likeness (QED) is 0.834. The van der Waals surface area contributed by atoms with Gasteiger partial charge < -0.3 is 14.8 Å². The summed E-state index contributed by atoms with van der Waals surface area (Å²) in [7, 11) is 0.